The third kappa shape index (κ3) is 11.6. The van der Waals surface area contributed by atoms with Crippen LogP contribution in [0.15, 0.2) is 0 Å². The molecule has 0 aliphatic carbocycles. The van der Waals surface area contributed by atoms with Crippen molar-refractivity contribution in [2.45, 2.75) is 119 Å². The van der Waals surface area contributed by atoms with E-state index in [1.54, 1.807) is 0 Å². The van der Waals surface area contributed by atoms with E-state index in [2.05, 4.69) is 41.5 Å². The van der Waals surface area contributed by atoms with Crippen molar-refractivity contribution in [1.29, 1.82) is 0 Å². The first-order valence-electron chi connectivity index (χ1n) is 10.5. The Hall–Kier alpha value is 0. The summed E-state index contributed by atoms with van der Waals surface area (Å²) in [5, 5.41) is 0. The second-order valence-corrected chi connectivity index (χ2v) is 8.12. The molecule has 0 nitrogen and oxygen atoms in total. The van der Waals surface area contributed by atoms with E-state index < -0.39 is 0 Å². The Bertz CT molecular complexity index is 216. The zero-order chi connectivity index (χ0) is 16.8. The van der Waals surface area contributed by atoms with Gasteiger partial charge in [0.2, 0.25) is 0 Å². The maximum Gasteiger partial charge on any atom is -0.0414 e. The van der Waals surface area contributed by atoms with Crippen molar-refractivity contribution in [3.05, 3.63) is 0 Å². The van der Waals surface area contributed by atoms with Gasteiger partial charge in [-0.25, -0.2) is 0 Å². The minimum atomic E-state index is 0.907. The molecule has 134 valence electrons. The van der Waals surface area contributed by atoms with Crippen molar-refractivity contribution in [1.82, 2.24) is 0 Å². The average molecular weight is 311 g/mol. The predicted molar refractivity (Wildman–Crippen MR) is 103 cm³/mol. The van der Waals surface area contributed by atoms with E-state index in [0.717, 1.165) is 23.7 Å². The number of hydrogen-bond donors (Lipinski definition) is 0. The van der Waals surface area contributed by atoms with Crippen LogP contribution in [0.4, 0.5) is 0 Å². The molecule has 0 heteroatoms. The maximum absolute atomic E-state index is 2.50. The van der Waals surface area contributed by atoms with Crippen molar-refractivity contribution < 1.29 is 0 Å². The van der Waals surface area contributed by atoms with E-state index >= 15 is 0 Å². The zero-order valence-electron chi connectivity index (χ0n) is 16.8. The molecular weight excluding hydrogens is 264 g/mol. The molecule has 0 saturated carbocycles. The van der Waals surface area contributed by atoms with Crippen LogP contribution >= 0.6 is 0 Å². The van der Waals surface area contributed by atoms with E-state index in [-0.39, 0.29) is 0 Å². The lowest BCUT2D eigenvalue weighted by Crippen LogP contribution is -2.14. The molecule has 0 spiro atoms. The van der Waals surface area contributed by atoms with Gasteiger partial charge < -0.3 is 0 Å². The Balaban J connectivity index is 3.71. The van der Waals surface area contributed by atoms with E-state index in [1.807, 2.05) is 0 Å². The highest BCUT2D eigenvalue weighted by Gasteiger charge is 2.17. The van der Waals surface area contributed by atoms with Crippen LogP contribution in [0.5, 0.6) is 0 Å². The van der Waals surface area contributed by atoms with Crippen molar-refractivity contribution in [2.75, 3.05) is 0 Å². The summed E-state index contributed by atoms with van der Waals surface area (Å²) in [5.41, 5.74) is 0. The van der Waals surface area contributed by atoms with Gasteiger partial charge in [-0.15, -0.1) is 0 Å². The summed E-state index contributed by atoms with van der Waals surface area (Å²) in [6.45, 7) is 14.5. The van der Waals surface area contributed by atoms with Gasteiger partial charge in [-0.1, -0.05) is 106 Å². The molecule has 0 rings (SSSR count). The van der Waals surface area contributed by atoms with Crippen LogP contribution in [0.1, 0.15) is 119 Å². The Kier molecular flexibility index (Phi) is 14.6. The van der Waals surface area contributed by atoms with Crippen molar-refractivity contribution in [2.24, 2.45) is 23.7 Å². The van der Waals surface area contributed by atoms with Gasteiger partial charge in [-0.3, -0.25) is 0 Å². The summed E-state index contributed by atoms with van der Waals surface area (Å²) in [5.74, 6) is 3.70. The summed E-state index contributed by atoms with van der Waals surface area (Å²) >= 11 is 0. The molecule has 0 fully saturated rings. The molecular formula is C22H46. The largest absolute Gasteiger partial charge is 0.0654 e. The highest BCUT2D eigenvalue weighted by molar-refractivity contribution is 4.68. The Morgan fingerprint density at radius 1 is 0.591 bits per heavy atom. The monoisotopic (exact) mass is 310 g/mol. The number of rotatable bonds is 15. The second kappa shape index (κ2) is 14.6. The molecule has 0 radical (unpaired) electrons. The molecule has 0 heterocycles. The first kappa shape index (κ1) is 22.0. The van der Waals surface area contributed by atoms with Crippen molar-refractivity contribution in [3.63, 3.8) is 0 Å². The SMILES string of the molecule is CCCCCCCCCC(C)C(C)CC(C)CC(CC)CC. The van der Waals surface area contributed by atoms with Gasteiger partial charge >= 0.3 is 0 Å². The van der Waals surface area contributed by atoms with Crippen LogP contribution in [0.25, 0.3) is 0 Å². The lowest BCUT2D eigenvalue weighted by molar-refractivity contribution is 0.260. The molecule has 0 aromatic carbocycles. The highest BCUT2D eigenvalue weighted by atomic mass is 14.2. The number of hydrogen-bond acceptors (Lipinski definition) is 0. The first-order chi connectivity index (χ1) is 10.5. The summed E-state index contributed by atoms with van der Waals surface area (Å²) in [6.07, 6.45) is 17.2. The third-order valence-electron chi connectivity index (χ3n) is 5.90. The van der Waals surface area contributed by atoms with E-state index in [9.17, 15) is 0 Å². The third-order valence-corrected chi connectivity index (χ3v) is 5.90. The van der Waals surface area contributed by atoms with E-state index in [4.69, 9.17) is 0 Å². The smallest absolute Gasteiger partial charge is 0.0414 e. The fraction of sp³-hybridized carbons (Fsp3) is 1.00. The van der Waals surface area contributed by atoms with E-state index in [0.29, 0.717) is 0 Å². The maximum atomic E-state index is 2.50. The molecule has 0 aromatic heterocycles. The molecule has 3 atom stereocenters. The number of unbranched alkanes of at least 4 members (excludes halogenated alkanes) is 6. The van der Waals surface area contributed by atoms with E-state index in [1.165, 1.54) is 77.0 Å². The molecule has 0 bridgehead atoms. The molecule has 0 amide bonds. The fourth-order valence-electron chi connectivity index (χ4n) is 3.86. The Labute approximate surface area is 142 Å². The molecule has 3 unspecified atom stereocenters. The molecule has 22 heavy (non-hydrogen) atoms. The summed E-state index contributed by atoms with van der Waals surface area (Å²) < 4.78 is 0. The van der Waals surface area contributed by atoms with Gasteiger partial charge in [0.15, 0.2) is 0 Å². The van der Waals surface area contributed by atoms with Crippen LogP contribution in [-0.4, -0.2) is 0 Å². The van der Waals surface area contributed by atoms with Gasteiger partial charge in [0.1, 0.15) is 0 Å². The van der Waals surface area contributed by atoms with Crippen LogP contribution in [0.3, 0.4) is 0 Å². The molecule has 0 aliphatic rings. The standard InChI is InChI=1S/C22H46/c1-7-10-11-12-13-14-15-16-20(5)21(6)17-19(4)18-22(8-2)9-3/h19-22H,7-18H2,1-6H3. The van der Waals surface area contributed by atoms with Crippen LogP contribution < -0.4 is 0 Å². The highest BCUT2D eigenvalue weighted by Crippen LogP contribution is 2.29. The molecule has 0 N–H and O–H groups in total. The molecule has 0 saturated heterocycles. The average Bonchev–Trinajstić information content (AvgIpc) is 2.51. The summed E-state index contributed by atoms with van der Waals surface area (Å²) in [7, 11) is 0. The predicted octanol–water partition coefficient (Wildman–Crippen LogP) is 8.25. The van der Waals surface area contributed by atoms with Gasteiger partial charge in [0, 0.05) is 0 Å². The lowest BCUT2D eigenvalue weighted by Gasteiger charge is -2.25. The Morgan fingerprint density at radius 2 is 1.14 bits per heavy atom. The van der Waals surface area contributed by atoms with Crippen molar-refractivity contribution in [3.8, 4) is 0 Å². The summed E-state index contributed by atoms with van der Waals surface area (Å²) in [4.78, 5) is 0. The van der Waals surface area contributed by atoms with Gasteiger partial charge in [0.25, 0.3) is 0 Å². The van der Waals surface area contributed by atoms with Gasteiger partial charge in [-0.2, -0.15) is 0 Å². The first-order valence-corrected chi connectivity index (χ1v) is 10.5. The van der Waals surface area contributed by atoms with Crippen LogP contribution in [0.2, 0.25) is 0 Å². The van der Waals surface area contributed by atoms with Crippen molar-refractivity contribution >= 4 is 0 Å². The topological polar surface area (TPSA) is 0 Å². The minimum absolute atomic E-state index is 0.907. The quantitative estimate of drug-likeness (QED) is 0.267. The molecule has 0 aliphatic heterocycles. The van der Waals surface area contributed by atoms with Crippen LogP contribution in [0, 0.1) is 23.7 Å². The fourth-order valence-corrected chi connectivity index (χ4v) is 3.86. The second-order valence-electron chi connectivity index (χ2n) is 8.12. The Morgan fingerprint density at radius 3 is 1.68 bits per heavy atom. The normalized spacial score (nSPS) is 16.0. The van der Waals surface area contributed by atoms with Gasteiger partial charge in [-0.05, 0) is 36.5 Å². The van der Waals surface area contributed by atoms with Gasteiger partial charge in [0.05, 0.1) is 0 Å². The zero-order valence-corrected chi connectivity index (χ0v) is 16.8. The minimum Gasteiger partial charge on any atom is -0.0654 e. The summed E-state index contributed by atoms with van der Waals surface area (Å²) in [6, 6.07) is 0. The van der Waals surface area contributed by atoms with Crippen LogP contribution in [-0.2, 0) is 0 Å². The molecule has 0 aromatic rings. The lowest BCUT2D eigenvalue weighted by atomic mass is 9.81.